The minimum Gasteiger partial charge on any atom is -0.465 e. The van der Waals surface area contributed by atoms with E-state index in [1.54, 1.807) is 36.4 Å². The molecule has 2 heterocycles. The van der Waals surface area contributed by atoms with E-state index in [0.29, 0.717) is 27.7 Å². The number of esters is 1. The van der Waals surface area contributed by atoms with Gasteiger partial charge in [-0.05, 0) is 29.8 Å². The van der Waals surface area contributed by atoms with E-state index < -0.39 is 0 Å². The Morgan fingerprint density at radius 1 is 1.32 bits per heavy atom. The summed E-state index contributed by atoms with van der Waals surface area (Å²) in [7, 11) is 1.34. The van der Waals surface area contributed by atoms with Crippen LogP contribution >= 0.6 is 22.9 Å². The van der Waals surface area contributed by atoms with Gasteiger partial charge in [-0.2, -0.15) is 0 Å². The Bertz CT molecular complexity index is 816. The van der Waals surface area contributed by atoms with E-state index in [2.05, 4.69) is 15.2 Å². The van der Waals surface area contributed by atoms with E-state index in [1.165, 1.54) is 18.4 Å². The van der Waals surface area contributed by atoms with Gasteiger partial charge in [0.1, 0.15) is 6.10 Å². The average molecular weight is 379 g/mol. The van der Waals surface area contributed by atoms with Gasteiger partial charge < -0.3 is 14.9 Å². The summed E-state index contributed by atoms with van der Waals surface area (Å²) >= 11 is 7.05. The molecule has 3 rings (SSSR count). The van der Waals surface area contributed by atoms with Crippen molar-refractivity contribution in [2.24, 2.45) is 5.16 Å². The molecule has 1 atom stereocenters. The number of carbonyl (C=O) groups excluding carboxylic acids is 2. The second kappa shape index (κ2) is 7.67. The van der Waals surface area contributed by atoms with Crippen LogP contribution in [0.25, 0.3) is 0 Å². The van der Waals surface area contributed by atoms with E-state index in [4.69, 9.17) is 16.4 Å². The molecule has 0 saturated heterocycles. The molecule has 0 bridgehead atoms. The lowest BCUT2D eigenvalue weighted by atomic mass is 10.0. The summed E-state index contributed by atoms with van der Waals surface area (Å²) in [5.74, 6) is -0.568. The van der Waals surface area contributed by atoms with E-state index in [9.17, 15) is 9.59 Å². The van der Waals surface area contributed by atoms with Crippen molar-refractivity contribution in [1.82, 2.24) is 5.32 Å². The van der Waals surface area contributed by atoms with Gasteiger partial charge in [0.05, 0.1) is 34.1 Å². The third-order valence-electron chi connectivity index (χ3n) is 3.66. The molecule has 0 fully saturated rings. The third-order valence-corrected chi connectivity index (χ3v) is 4.89. The maximum absolute atomic E-state index is 12.0. The molecule has 1 aromatic carbocycles. The number of thiophene rings is 1. The number of benzene rings is 1. The van der Waals surface area contributed by atoms with E-state index in [1.807, 2.05) is 0 Å². The van der Waals surface area contributed by atoms with Gasteiger partial charge in [-0.1, -0.05) is 28.9 Å². The van der Waals surface area contributed by atoms with Crippen molar-refractivity contribution in [3.8, 4) is 0 Å². The van der Waals surface area contributed by atoms with Gasteiger partial charge in [0, 0.05) is 6.42 Å². The van der Waals surface area contributed by atoms with Crippen molar-refractivity contribution in [2.45, 2.75) is 12.5 Å². The molecular weight excluding hydrogens is 364 g/mol. The van der Waals surface area contributed by atoms with Crippen LogP contribution in [0.3, 0.4) is 0 Å². The SMILES string of the molecule is COC(=O)c1ccc(C2=NOC(CNC(=O)c3ccc(Cl)s3)C2)cc1. The van der Waals surface area contributed by atoms with Crippen molar-refractivity contribution in [2.75, 3.05) is 13.7 Å². The maximum Gasteiger partial charge on any atom is 0.337 e. The second-order valence-corrected chi connectivity index (χ2v) is 7.07. The smallest absolute Gasteiger partial charge is 0.337 e. The van der Waals surface area contributed by atoms with Crippen LogP contribution in [0.1, 0.15) is 32.0 Å². The predicted octanol–water partition coefficient (Wildman–Crippen LogP) is 3.11. The molecule has 0 spiro atoms. The van der Waals surface area contributed by atoms with Crippen LogP contribution in [0.15, 0.2) is 41.6 Å². The van der Waals surface area contributed by atoms with Crippen molar-refractivity contribution in [1.29, 1.82) is 0 Å². The molecule has 1 unspecified atom stereocenters. The summed E-state index contributed by atoms with van der Waals surface area (Å²) in [5, 5.41) is 6.88. The zero-order valence-electron chi connectivity index (χ0n) is 13.3. The highest BCUT2D eigenvalue weighted by Crippen LogP contribution is 2.21. The number of carbonyl (C=O) groups is 2. The molecule has 0 radical (unpaired) electrons. The normalized spacial score (nSPS) is 16.1. The number of hydrogen-bond acceptors (Lipinski definition) is 6. The van der Waals surface area contributed by atoms with Crippen molar-refractivity contribution >= 4 is 40.5 Å². The first-order valence-corrected chi connectivity index (χ1v) is 8.71. The van der Waals surface area contributed by atoms with Gasteiger partial charge in [0.2, 0.25) is 0 Å². The van der Waals surface area contributed by atoms with Crippen LogP contribution in [-0.2, 0) is 9.57 Å². The van der Waals surface area contributed by atoms with E-state index in [0.717, 1.165) is 11.3 Å². The standard InChI is InChI=1S/C17H15ClN2O4S/c1-23-17(22)11-4-2-10(3-5-11)13-8-12(24-20-13)9-19-16(21)14-6-7-15(18)25-14/h2-7,12H,8-9H2,1H3,(H,19,21). The maximum atomic E-state index is 12.0. The summed E-state index contributed by atoms with van der Waals surface area (Å²) in [5.41, 5.74) is 2.12. The largest absolute Gasteiger partial charge is 0.465 e. The zero-order chi connectivity index (χ0) is 17.8. The van der Waals surface area contributed by atoms with E-state index in [-0.39, 0.29) is 18.0 Å². The van der Waals surface area contributed by atoms with Crippen molar-refractivity contribution in [3.63, 3.8) is 0 Å². The molecule has 130 valence electrons. The van der Waals surface area contributed by atoms with Crippen LogP contribution in [-0.4, -0.2) is 37.3 Å². The van der Waals surface area contributed by atoms with Crippen LogP contribution in [0.2, 0.25) is 4.34 Å². The number of oxime groups is 1. The third kappa shape index (κ3) is 4.18. The first-order chi connectivity index (χ1) is 12.1. The number of nitrogens with one attached hydrogen (secondary N) is 1. The lowest BCUT2D eigenvalue weighted by Gasteiger charge is -2.09. The molecule has 0 saturated carbocycles. The highest BCUT2D eigenvalue weighted by Gasteiger charge is 2.23. The van der Waals surface area contributed by atoms with Crippen LogP contribution in [0.4, 0.5) is 0 Å². The van der Waals surface area contributed by atoms with Crippen LogP contribution in [0.5, 0.6) is 0 Å². The van der Waals surface area contributed by atoms with Gasteiger partial charge >= 0.3 is 5.97 Å². The Morgan fingerprint density at radius 2 is 2.08 bits per heavy atom. The second-order valence-electron chi connectivity index (χ2n) is 5.35. The summed E-state index contributed by atoms with van der Waals surface area (Å²) in [6, 6.07) is 10.3. The average Bonchev–Trinajstić information content (AvgIpc) is 3.28. The number of rotatable bonds is 5. The Balaban J connectivity index is 1.53. The van der Waals surface area contributed by atoms with Crippen molar-refractivity contribution in [3.05, 3.63) is 56.7 Å². The fourth-order valence-electron chi connectivity index (χ4n) is 2.35. The van der Waals surface area contributed by atoms with Gasteiger partial charge in [-0.3, -0.25) is 4.79 Å². The number of nitrogens with zero attached hydrogens (tertiary/aromatic N) is 1. The topological polar surface area (TPSA) is 77.0 Å². The summed E-state index contributed by atoms with van der Waals surface area (Å²) in [4.78, 5) is 29.4. The van der Waals surface area contributed by atoms with Crippen molar-refractivity contribution < 1.29 is 19.2 Å². The molecule has 8 heteroatoms. The number of hydrogen-bond donors (Lipinski definition) is 1. The summed E-state index contributed by atoms with van der Waals surface area (Å²) < 4.78 is 5.24. The lowest BCUT2D eigenvalue weighted by Crippen LogP contribution is -2.31. The Kier molecular flexibility index (Phi) is 5.35. The molecule has 25 heavy (non-hydrogen) atoms. The Labute approximate surface area is 153 Å². The molecule has 2 aromatic rings. The first kappa shape index (κ1) is 17.4. The highest BCUT2D eigenvalue weighted by atomic mass is 35.5. The quantitative estimate of drug-likeness (QED) is 0.811. The minimum atomic E-state index is -0.384. The monoisotopic (exact) mass is 378 g/mol. The lowest BCUT2D eigenvalue weighted by molar-refractivity contribution is 0.0600. The number of methoxy groups -OCH3 is 1. The molecule has 0 aliphatic carbocycles. The Hall–Kier alpha value is -2.38. The first-order valence-electron chi connectivity index (χ1n) is 7.52. The molecule has 6 nitrogen and oxygen atoms in total. The van der Waals surface area contributed by atoms with Gasteiger partial charge in [0.25, 0.3) is 5.91 Å². The molecule has 1 aliphatic heterocycles. The summed E-state index contributed by atoms with van der Waals surface area (Å²) in [6.45, 7) is 0.349. The molecule has 1 N–H and O–H groups in total. The predicted molar refractivity (Wildman–Crippen MR) is 95.5 cm³/mol. The van der Waals surface area contributed by atoms with E-state index >= 15 is 0 Å². The van der Waals surface area contributed by atoms with Gasteiger partial charge in [-0.15, -0.1) is 11.3 Å². The number of halogens is 1. The fourth-order valence-corrected chi connectivity index (χ4v) is 3.31. The fraction of sp³-hybridized carbons (Fsp3) is 0.235. The molecule has 1 aromatic heterocycles. The van der Waals surface area contributed by atoms with Gasteiger partial charge in [0.15, 0.2) is 0 Å². The van der Waals surface area contributed by atoms with Crippen LogP contribution < -0.4 is 5.32 Å². The Morgan fingerprint density at radius 3 is 2.72 bits per heavy atom. The number of amides is 1. The van der Waals surface area contributed by atoms with Crippen LogP contribution in [0, 0.1) is 0 Å². The molecular formula is C17H15ClN2O4S. The molecule has 1 aliphatic rings. The highest BCUT2D eigenvalue weighted by molar-refractivity contribution is 7.17. The minimum absolute atomic E-state index is 0.184. The molecule has 1 amide bonds. The summed E-state index contributed by atoms with van der Waals surface area (Å²) in [6.07, 6.45) is 0.345. The van der Waals surface area contributed by atoms with Gasteiger partial charge in [-0.25, -0.2) is 4.79 Å². The zero-order valence-corrected chi connectivity index (χ0v) is 14.9. The number of ether oxygens (including phenoxy) is 1.